The number of fused-ring (bicyclic) bond motifs is 1. The minimum absolute atomic E-state index is 0.160. The van der Waals surface area contributed by atoms with E-state index in [0.717, 1.165) is 35.5 Å². The highest BCUT2D eigenvalue weighted by atomic mass is 16.2. The lowest BCUT2D eigenvalue weighted by molar-refractivity contribution is -0.115. The lowest BCUT2D eigenvalue weighted by Gasteiger charge is -2.12. The molecule has 3 amide bonds. The predicted molar refractivity (Wildman–Crippen MR) is 129 cm³/mol. The summed E-state index contributed by atoms with van der Waals surface area (Å²) in [4.78, 5) is 28.2. The summed E-state index contributed by atoms with van der Waals surface area (Å²) < 4.78 is 1.71. The number of carbonyl (C=O) groups excluding carboxylic acids is 2. The highest BCUT2D eigenvalue weighted by Crippen LogP contribution is 2.29. The van der Waals surface area contributed by atoms with Crippen LogP contribution in [0.4, 0.5) is 22.1 Å². The van der Waals surface area contributed by atoms with Gasteiger partial charge in [-0.05, 0) is 42.2 Å². The number of nitrogens with zero attached hydrogens (tertiary/aromatic N) is 3. The fraction of sp³-hybridized carbons (Fsp3) is 0.120. The van der Waals surface area contributed by atoms with Crippen LogP contribution in [-0.4, -0.2) is 32.6 Å². The first kappa shape index (κ1) is 20.0. The van der Waals surface area contributed by atoms with Crippen molar-refractivity contribution in [2.24, 2.45) is 0 Å². The zero-order valence-electron chi connectivity index (χ0n) is 18.1. The molecule has 0 spiro atoms. The molecule has 2 fully saturated rings. The molecule has 4 aromatic rings. The van der Waals surface area contributed by atoms with Crippen molar-refractivity contribution in [3.05, 3.63) is 78.1 Å². The minimum Gasteiger partial charge on any atom is -0.367 e. The van der Waals surface area contributed by atoms with Crippen molar-refractivity contribution in [2.45, 2.75) is 18.9 Å². The standard InChI is InChI=1S/C25H21N7O2/c33-24-20(29-25(34)31-24)12-17-14-26-32-22(28-19-10-11-19)13-21(30-23(17)32)27-18-8-6-16(7-9-18)15-4-2-1-3-5-15/h1-9,12-14,19,28H,10-11H2,(H,27,30)(H2,29,31,33,34)/b20-12-. The third-order valence-electron chi connectivity index (χ3n) is 5.71. The Morgan fingerprint density at radius 1 is 0.971 bits per heavy atom. The lowest BCUT2D eigenvalue weighted by atomic mass is 10.1. The topological polar surface area (TPSA) is 112 Å². The summed E-state index contributed by atoms with van der Waals surface area (Å²) in [6.45, 7) is 0. The Kier molecular flexibility index (Phi) is 4.72. The van der Waals surface area contributed by atoms with Crippen LogP contribution in [0.3, 0.4) is 0 Å². The number of amides is 3. The van der Waals surface area contributed by atoms with E-state index in [1.807, 2.05) is 36.4 Å². The van der Waals surface area contributed by atoms with Gasteiger partial charge in [0.05, 0.1) is 6.20 Å². The summed E-state index contributed by atoms with van der Waals surface area (Å²) in [6.07, 6.45) is 5.42. The third-order valence-corrected chi connectivity index (χ3v) is 5.71. The van der Waals surface area contributed by atoms with Gasteiger partial charge in [-0.1, -0.05) is 42.5 Å². The first-order chi connectivity index (χ1) is 16.6. The molecule has 1 saturated heterocycles. The molecule has 9 nitrogen and oxygen atoms in total. The average Bonchev–Trinajstić information content (AvgIpc) is 3.48. The van der Waals surface area contributed by atoms with Gasteiger partial charge in [-0.2, -0.15) is 9.61 Å². The molecule has 0 bridgehead atoms. The molecular formula is C25H21N7O2. The highest BCUT2D eigenvalue weighted by Gasteiger charge is 2.25. The zero-order valence-corrected chi connectivity index (χ0v) is 18.1. The second-order valence-electron chi connectivity index (χ2n) is 8.32. The van der Waals surface area contributed by atoms with E-state index in [9.17, 15) is 9.59 Å². The monoisotopic (exact) mass is 451 g/mol. The van der Waals surface area contributed by atoms with E-state index >= 15 is 0 Å². The Hall–Kier alpha value is -4.66. The molecule has 34 heavy (non-hydrogen) atoms. The number of nitrogens with one attached hydrogen (secondary N) is 4. The SMILES string of the molecule is O=C1NC(=O)/C(=C/c2cnn3c(NC4CC4)cc(Nc4ccc(-c5ccccc5)cc4)nc23)N1. The number of benzene rings is 2. The Morgan fingerprint density at radius 2 is 1.74 bits per heavy atom. The fourth-order valence-corrected chi connectivity index (χ4v) is 3.85. The van der Waals surface area contributed by atoms with E-state index in [1.54, 1.807) is 16.8 Å². The van der Waals surface area contributed by atoms with Crippen LogP contribution >= 0.6 is 0 Å². The first-order valence-corrected chi connectivity index (χ1v) is 11.0. The van der Waals surface area contributed by atoms with Gasteiger partial charge < -0.3 is 16.0 Å². The maximum Gasteiger partial charge on any atom is 0.326 e. The van der Waals surface area contributed by atoms with Crippen LogP contribution in [0.5, 0.6) is 0 Å². The van der Waals surface area contributed by atoms with Gasteiger partial charge in [0.2, 0.25) is 0 Å². The van der Waals surface area contributed by atoms with E-state index in [2.05, 4.69) is 50.6 Å². The van der Waals surface area contributed by atoms with Crippen LogP contribution in [0.1, 0.15) is 18.4 Å². The molecule has 3 heterocycles. The van der Waals surface area contributed by atoms with Crippen LogP contribution in [0, 0.1) is 0 Å². The normalized spacial score (nSPS) is 16.5. The summed E-state index contributed by atoms with van der Waals surface area (Å²) in [7, 11) is 0. The molecule has 0 atom stereocenters. The van der Waals surface area contributed by atoms with Crippen LogP contribution in [0.2, 0.25) is 0 Å². The molecule has 0 unspecified atom stereocenters. The van der Waals surface area contributed by atoms with Crippen molar-refractivity contribution in [3.8, 4) is 11.1 Å². The van der Waals surface area contributed by atoms with Crippen molar-refractivity contribution in [1.82, 2.24) is 25.2 Å². The molecule has 0 radical (unpaired) electrons. The number of rotatable bonds is 6. The highest BCUT2D eigenvalue weighted by molar-refractivity contribution is 6.14. The van der Waals surface area contributed by atoms with Crippen molar-refractivity contribution in [2.75, 3.05) is 10.6 Å². The number of hydrogen-bond acceptors (Lipinski definition) is 6. The Morgan fingerprint density at radius 3 is 2.44 bits per heavy atom. The van der Waals surface area contributed by atoms with Crippen molar-refractivity contribution in [3.63, 3.8) is 0 Å². The summed E-state index contributed by atoms with van der Waals surface area (Å²) >= 11 is 0. The maximum absolute atomic E-state index is 12.0. The van der Waals surface area contributed by atoms with Crippen LogP contribution in [0.15, 0.2) is 72.6 Å². The van der Waals surface area contributed by atoms with E-state index in [-0.39, 0.29) is 5.70 Å². The second-order valence-corrected chi connectivity index (χ2v) is 8.32. The van der Waals surface area contributed by atoms with Gasteiger partial charge in [0, 0.05) is 23.4 Å². The van der Waals surface area contributed by atoms with Crippen molar-refractivity contribution < 1.29 is 9.59 Å². The van der Waals surface area contributed by atoms with Gasteiger partial charge in [0.15, 0.2) is 5.65 Å². The Labute approximate surface area is 194 Å². The zero-order chi connectivity index (χ0) is 23.1. The molecule has 168 valence electrons. The van der Waals surface area contributed by atoms with E-state index in [1.165, 1.54) is 0 Å². The smallest absolute Gasteiger partial charge is 0.326 e. The van der Waals surface area contributed by atoms with Gasteiger partial charge in [-0.3, -0.25) is 10.1 Å². The summed E-state index contributed by atoms with van der Waals surface area (Å²) in [5.74, 6) is 0.970. The summed E-state index contributed by atoms with van der Waals surface area (Å²) in [6, 6.07) is 20.2. The molecule has 4 N–H and O–H groups in total. The number of hydrogen-bond donors (Lipinski definition) is 4. The van der Waals surface area contributed by atoms with Gasteiger partial charge in [-0.15, -0.1) is 0 Å². The van der Waals surface area contributed by atoms with Crippen LogP contribution in [0.25, 0.3) is 22.9 Å². The van der Waals surface area contributed by atoms with Crippen LogP contribution in [-0.2, 0) is 4.79 Å². The van der Waals surface area contributed by atoms with Crippen molar-refractivity contribution in [1.29, 1.82) is 0 Å². The molecule has 6 rings (SSSR count). The van der Waals surface area contributed by atoms with E-state index in [4.69, 9.17) is 4.98 Å². The molecule has 1 aliphatic heterocycles. The number of anilines is 3. The summed E-state index contributed by atoms with van der Waals surface area (Å²) in [5.41, 5.74) is 4.53. The fourth-order valence-electron chi connectivity index (χ4n) is 3.85. The number of urea groups is 1. The molecule has 2 aliphatic rings. The Balaban J connectivity index is 1.34. The van der Waals surface area contributed by atoms with Gasteiger partial charge >= 0.3 is 6.03 Å². The maximum atomic E-state index is 12.0. The molecular weight excluding hydrogens is 430 g/mol. The molecule has 1 aliphatic carbocycles. The Bertz CT molecular complexity index is 1440. The second kappa shape index (κ2) is 8.04. The van der Waals surface area contributed by atoms with Gasteiger partial charge in [0.1, 0.15) is 17.3 Å². The number of carbonyl (C=O) groups is 2. The van der Waals surface area contributed by atoms with Crippen molar-refractivity contribution >= 4 is 41.0 Å². The third kappa shape index (κ3) is 3.95. The lowest BCUT2D eigenvalue weighted by Crippen LogP contribution is -2.22. The quantitative estimate of drug-likeness (QED) is 0.261. The molecule has 1 saturated carbocycles. The minimum atomic E-state index is -0.543. The van der Waals surface area contributed by atoms with Gasteiger partial charge in [0.25, 0.3) is 5.91 Å². The number of imide groups is 1. The van der Waals surface area contributed by atoms with Crippen LogP contribution < -0.4 is 21.3 Å². The molecule has 9 heteroatoms. The van der Waals surface area contributed by atoms with Gasteiger partial charge in [-0.25, -0.2) is 9.78 Å². The molecule has 2 aromatic carbocycles. The number of aromatic nitrogens is 3. The largest absolute Gasteiger partial charge is 0.367 e. The summed E-state index contributed by atoms with van der Waals surface area (Å²) in [5, 5.41) is 16.0. The first-order valence-electron chi connectivity index (χ1n) is 11.0. The average molecular weight is 451 g/mol. The van der Waals surface area contributed by atoms with E-state index in [0.29, 0.717) is 23.1 Å². The van der Waals surface area contributed by atoms with E-state index < -0.39 is 11.9 Å². The molecule has 2 aromatic heterocycles. The predicted octanol–water partition coefficient (Wildman–Crippen LogP) is 3.89.